The van der Waals surface area contributed by atoms with Gasteiger partial charge in [0.05, 0.1) is 12.8 Å². The van der Waals surface area contributed by atoms with Gasteiger partial charge in [-0.1, -0.05) is 51.2 Å². The number of methoxy groups -OCH3 is 1. The Bertz CT molecular complexity index is 679. The highest BCUT2D eigenvalue weighted by molar-refractivity contribution is 5.59. The largest absolute Gasteiger partial charge is 0.480 e. The molecule has 3 rings (SSSR count). The molecule has 1 aromatic heterocycles. The second kappa shape index (κ2) is 8.41. The molecule has 0 atom stereocenters. The number of benzene rings is 1. The van der Waals surface area contributed by atoms with E-state index in [1.807, 2.05) is 12.1 Å². The summed E-state index contributed by atoms with van der Waals surface area (Å²) in [6.07, 6.45) is 8.52. The van der Waals surface area contributed by atoms with E-state index in [4.69, 9.17) is 4.74 Å². The quantitative estimate of drug-likeness (QED) is 0.701. The zero-order valence-electron chi connectivity index (χ0n) is 15.2. The van der Waals surface area contributed by atoms with Crippen molar-refractivity contribution in [3.8, 4) is 17.1 Å². The van der Waals surface area contributed by atoms with E-state index in [2.05, 4.69) is 17.1 Å². The molecule has 0 radical (unpaired) electrons. The van der Waals surface area contributed by atoms with Crippen LogP contribution in [0.1, 0.15) is 51.0 Å². The van der Waals surface area contributed by atoms with E-state index in [0.717, 1.165) is 35.8 Å². The number of hydrogen-bond donors (Lipinski definition) is 0. The summed E-state index contributed by atoms with van der Waals surface area (Å²) in [7, 11) is 1.55. The monoisotopic (exact) mass is 342 g/mol. The fourth-order valence-corrected chi connectivity index (χ4v) is 3.78. The summed E-state index contributed by atoms with van der Waals surface area (Å²) in [6, 6.07) is 8.93. The summed E-state index contributed by atoms with van der Waals surface area (Å²) in [4.78, 5) is 0. The molecule has 3 nitrogen and oxygen atoms in total. The van der Waals surface area contributed by atoms with Crippen LogP contribution < -0.4 is 4.74 Å². The first kappa shape index (κ1) is 17.8. The number of nitrogens with zero attached hydrogens (tertiary/aromatic N) is 2. The molecule has 0 unspecified atom stereocenters. The molecule has 25 heavy (non-hydrogen) atoms. The molecule has 134 valence electrons. The molecule has 0 saturated heterocycles. The van der Waals surface area contributed by atoms with E-state index in [9.17, 15) is 4.39 Å². The number of hydrogen-bond acceptors (Lipinski definition) is 3. The molecule has 0 bridgehead atoms. The minimum atomic E-state index is -0.141. The van der Waals surface area contributed by atoms with Gasteiger partial charge < -0.3 is 4.74 Å². The molecule has 0 spiro atoms. The third-order valence-corrected chi connectivity index (χ3v) is 5.56. The van der Waals surface area contributed by atoms with E-state index < -0.39 is 0 Å². The first-order valence-electron chi connectivity index (χ1n) is 9.36. The molecule has 1 fully saturated rings. The van der Waals surface area contributed by atoms with Crippen LogP contribution in [0.3, 0.4) is 0 Å². The lowest BCUT2D eigenvalue weighted by Crippen LogP contribution is -2.14. The zero-order valence-corrected chi connectivity index (χ0v) is 15.2. The molecule has 1 aliphatic rings. The van der Waals surface area contributed by atoms with Crippen LogP contribution in [0.5, 0.6) is 5.88 Å². The van der Waals surface area contributed by atoms with Crippen LogP contribution in [0, 0.1) is 17.7 Å². The van der Waals surface area contributed by atoms with Crippen molar-refractivity contribution >= 4 is 0 Å². The molecule has 0 aliphatic heterocycles. The third-order valence-electron chi connectivity index (χ3n) is 5.56. The summed E-state index contributed by atoms with van der Waals surface area (Å²) in [5.74, 6) is 1.99. The SMILES string of the molecule is CCC1CCC(CCc2ccc(-c3ccc(OC)nn3)cc2F)CC1. The standard InChI is InChI=1S/C21H27FN2O/c1-3-15-4-6-16(7-5-15)8-9-17-10-11-18(14-19(17)22)20-12-13-21(25-2)24-23-20/h10-16H,3-9H2,1-2H3. The van der Waals surface area contributed by atoms with Gasteiger partial charge in [-0.2, -0.15) is 0 Å². The Hall–Kier alpha value is -1.97. The summed E-state index contributed by atoms with van der Waals surface area (Å²) in [5, 5.41) is 8.03. The van der Waals surface area contributed by atoms with Gasteiger partial charge in [-0.25, -0.2) is 4.39 Å². The van der Waals surface area contributed by atoms with Crippen molar-refractivity contribution in [3.05, 3.63) is 41.7 Å². The molecule has 0 N–H and O–H groups in total. The maximum Gasteiger partial charge on any atom is 0.233 e. The average Bonchev–Trinajstić information content (AvgIpc) is 2.67. The normalized spacial score (nSPS) is 20.4. The molecule has 1 aromatic carbocycles. The van der Waals surface area contributed by atoms with Crippen LogP contribution in [0.25, 0.3) is 11.3 Å². The van der Waals surface area contributed by atoms with Crippen LogP contribution >= 0.6 is 0 Å². The van der Waals surface area contributed by atoms with Crippen LogP contribution in [0.2, 0.25) is 0 Å². The van der Waals surface area contributed by atoms with E-state index in [0.29, 0.717) is 11.6 Å². The highest BCUT2D eigenvalue weighted by atomic mass is 19.1. The first-order chi connectivity index (χ1) is 12.2. The number of halogens is 1. The fraction of sp³-hybridized carbons (Fsp3) is 0.524. The Morgan fingerprint density at radius 2 is 1.80 bits per heavy atom. The first-order valence-corrected chi connectivity index (χ1v) is 9.36. The fourth-order valence-electron chi connectivity index (χ4n) is 3.78. The molecule has 0 amide bonds. The lowest BCUT2D eigenvalue weighted by atomic mass is 9.78. The number of rotatable bonds is 6. The Balaban J connectivity index is 1.60. The topological polar surface area (TPSA) is 35.0 Å². The number of ether oxygens (including phenoxy) is 1. The number of aromatic nitrogens is 2. The smallest absolute Gasteiger partial charge is 0.233 e. The summed E-state index contributed by atoms with van der Waals surface area (Å²) < 4.78 is 19.5. The van der Waals surface area contributed by atoms with Gasteiger partial charge in [-0.05, 0) is 42.4 Å². The molecule has 1 aliphatic carbocycles. The Kier molecular flexibility index (Phi) is 6.00. The average molecular weight is 342 g/mol. The van der Waals surface area contributed by atoms with E-state index >= 15 is 0 Å². The van der Waals surface area contributed by atoms with Crippen molar-refractivity contribution in [2.45, 2.75) is 51.9 Å². The van der Waals surface area contributed by atoms with E-state index in [1.165, 1.54) is 32.1 Å². The van der Waals surface area contributed by atoms with Crippen LogP contribution in [-0.2, 0) is 6.42 Å². The third kappa shape index (κ3) is 4.56. The van der Waals surface area contributed by atoms with Crippen molar-refractivity contribution in [2.24, 2.45) is 11.8 Å². The highest BCUT2D eigenvalue weighted by Gasteiger charge is 2.20. The summed E-state index contributed by atoms with van der Waals surface area (Å²) in [5.41, 5.74) is 2.21. The van der Waals surface area contributed by atoms with E-state index in [-0.39, 0.29) is 5.82 Å². The molecular formula is C21H27FN2O. The summed E-state index contributed by atoms with van der Waals surface area (Å²) in [6.45, 7) is 2.29. The van der Waals surface area contributed by atoms with Gasteiger partial charge in [0.15, 0.2) is 0 Å². The molecule has 2 aromatic rings. The lowest BCUT2D eigenvalue weighted by molar-refractivity contribution is 0.258. The minimum Gasteiger partial charge on any atom is -0.480 e. The van der Waals surface area contributed by atoms with Gasteiger partial charge in [0.25, 0.3) is 0 Å². The van der Waals surface area contributed by atoms with Gasteiger partial charge in [0.2, 0.25) is 5.88 Å². The number of aryl methyl sites for hydroxylation is 1. The second-order valence-corrected chi connectivity index (χ2v) is 7.10. The highest BCUT2D eigenvalue weighted by Crippen LogP contribution is 2.33. The summed E-state index contributed by atoms with van der Waals surface area (Å²) >= 11 is 0. The van der Waals surface area contributed by atoms with Crippen LogP contribution in [-0.4, -0.2) is 17.3 Å². The Labute approximate surface area is 149 Å². The Morgan fingerprint density at radius 3 is 2.40 bits per heavy atom. The predicted octanol–water partition coefficient (Wildman–Crippen LogP) is 5.44. The molecule has 1 saturated carbocycles. The van der Waals surface area contributed by atoms with Crippen molar-refractivity contribution in [3.63, 3.8) is 0 Å². The maximum atomic E-state index is 14.5. The van der Waals surface area contributed by atoms with Gasteiger partial charge in [-0.15, -0.1) is 10.2 Å². The maximum absolute atomic E-state index is 14.5. The van der Waals surface area contributed by atoms with Gasteiger partial charge in [0, 0.05) is 11.6 Å². The van der Waals surface area contributed by atoms with Gasteiger partial charge in [0.1, 0.15) is 5.82 Å². The van der Waals surface area contributed by atoms with Crippen molar-refractivity contribution in [1.82, 2.24) is 10.2 Å². The minimum absolute atomic E-state index is 0.141. The van der Waals surface area contributed by atoms with E-state index in [1.54, 1.807) is 25.3 Å². The van der Waals surface area contributed by atoms with Gasteiger partial charge in [-0.3, -0.25) is 0 Å². The van der Waals surface area contributed by atoms with Crippen LogP contribution in [0.4, 0.5) is 4.39 Å². The molecule has 1 heterocycles. The van der Waals surface area contributed by atoms with Crippen LogP contribution in [0.15, 0.2) is 30.3 Å². The molecule has 4 heteroatoms. The predicted molar refractivity (Wildman–Crippen MR) is 98.0 cm³/mol. The van der Waals surface area contributed by atoms with Crippen molar-refractivity contribution in [2.75, 3.05) is 7.11 Å². The second-order valence-electron chi connectivity index (χ2n) is 7.10. The zero-order chi connectivity index (χ0) is 17.6. The molecular weight excluding hydrogens is 315 g/mol. The van der Waals surface area contributed by atoms with Crippen molar-refractivity contribution in [1.29, 1.82) is 0 Å². The Morgan fingerprint density at radius 1 is 1.04 bits per heavy atom. The lowest BCUT2D eigenvalue weighted by Gasteiger charge is -2.27. The van der Waals surface area contributed by atoms with Gasteiger partial charge >= 0.3 is 0 Å². The van der Waals surface area contributed by atoms with Crippen molar-refractivity contribution < 1.29 is 9.13 Å².